The van der Waals surface area contributed by atoms with Gasteiger partial charge in [0.05, 0.1) is 11.5 Å². The number of halogens is 1. The number of nitrogens with one attached hydrogen (secondary N) is 1. The fourth-order valence-electron chi connectivity index (χ4n) is 2.10. The summed E-state index contributed by atoms with van der Waals surface area (Å²) < 4.78 is 0. The Morgan fingerprint density at radius 1 is 1.29 bits per heavy atom. The van der Waals surface area contributed by atoms with E-state index in [0.717, 1.165) is 27.2 Å². The van der Waals surface area contributed by atoms with Gasteiger partial charge in [0.2, 0.25) is 0 Å². The number of rotatable bonds is 4. The Hall–Kier alpha value is -1.69. The molecule has 0 bridgehead atoms. The molecule has 0 aliphatic heterocycles. The molecule has 3 aromatic rings. The number of hydrogen-bond donors (Lipinski definition) is 2. The number of aromatic nitrogens is 2. The molecular weight excluding hydrogens is 306 g/mol. The number of benzene rings is 1. The first kappa shape index (κ1) is 14.3. The van der Waals surface area contributed by atoms with Crippen LogP contribution in [0, 0.1) is 0 Å². The van der Waals surface area contributed by atoms with Crippen LogP contribution < -0.4 is 5.32 Å². The lowest BCUT2D eigenvalue weighted by Gasteiger charge is -2.09. The highest BCUT2D eigenvalue weighted by atomic mass is 35.5. The number of aliphatic hydroxyl groups is 1. The second-order valence-electron chi connectivity index (χ2n) is 4.79. The van der Waals surface area contributed by atoms with Gasteiger partial charge in [-0.1, -0.05) is 23.7 Å². The van der Waals surface area contributed by atoms with Gasteiger partial charge in [0, 0.05) is 22.5 Å². The summed E-state index contributed by atoms with van der Waals surface area (Å²) in [6.07, 6.45) is 1.10. The van der Waals surface area contributed by atoms with E-state index in [4.69, 9.17) is 11.6 Å². The minimum atomic E-state index is -0.437. The molecule has 6 heteroatoms. The van der Waals surface area contributed by atoms with Crippen molar-refractivity contribution in [3.63, 3.8) is 0 Å². The minimum absolute atomic E-state index is 0.437. The molecule has 0 amide bonds. The quantitative estimate of drug-likeness (QED) is 0.768. The first-order chi connectivity index (χ1) is 10.1. The molecule has 1 atom stereocenters. The van der Waals surface area contributed by atoms with Crippen LogP contribution in [0.4, 0.5) is 5.82 Å². The van der Waals surface area contributed by atoms with Crippen LogP contribution in [0.2, 0.25) is 5.02 Å². The summed E-state index contributed by atoms with van der Waals surface area (Å²) in [5.41, 5.74) is 2.14. The number of fused-ring (bicyclic) bond motifs is 1. The van der Waals surface area contributed by atoms with Gasteiger partial charge in [-0.25, -0.2) is 9.97 Å². The van der Waals surface area contributed by atoms with E-state index in [1.807, 2.05) is 24.3 Å². The average molecular weight is 320 g/mol. The topological polar surface area (TPSA) is 58.0 Å². The van der Waals surface area contributed by atoms with Gasteiger partial charge in [-0.05, 0) is 24.6 Å². The van der Waals surface area contributed by atoms with Gasteiger partial charge in [0.25, 0.3) is 0 Å². The van der Waals surface area contributed by atoms with Crippen molar-refractivity contribution in [3.05, 3.63) is 41.0 Å². The van der Waals surface area contributed by atoms with Crippen LogP contribution in [0.5, 0.6) is 0 Å². The summed E-state index contributed by atoms with van der Waals surface area (Å²) in [5, 5.41) is 16.4. The summed E-state index contributed by atoms with van der Waals surface area (Å²) in [4.78, 5) is 9.53. The molecular formula is C15H14ClN3OS. The first-order valence-corrected chi connectivity index (χ1v) is 7.81. The minimum Gasteiger partial charge on any atom is -0.392 e. The fraction of sp³-hybridized carbons (Fsp3) is 0.200. The van der Waals surface area contributed by atoms with Crippen LogP contribution in [0.15, 0.2) is 36.0 Å². The van der Waals surface area contributed by atoms with E-state index in [1.54, 1.807) is 18.3 Å². The second-order valence-corrected chi connectivity index (χ2v) is 6.08. The third-order valence-corrected chi connectivity index (χ3v) is 4.23. The van der Waals surface area contributed by atoms with Crippen molar-refractivity contribution in [2.24, 2.45) is 0 Å². The van der Waals surface area contributed by atoms with Gasteiger partial charge in [-0.15, -0.1) is 11.3 Å². The van der Waals surface area contributed by atoms with Gasteiger partial charge in [-0.2, -0.15) is 0 Å². The zero-order valence-electron chi connectivity index (χ0n) is 11.4. The van der Waals surface area contributed by atoms with Gasteiger partial charge < -0.3 is 10.4 Å². The SMILES string of the molecule is C[C@@H](O)CNc1ncnc2scc(-c3ccc(Cl)cc3)c12. The first-order valence-electron chi connectivity index (χ1n) is 6.55. The van der Waals surface area contributed by atoms with Crippen molar-refractivity contribution in [2.75, 3.05) is 11.9 Å². The van der Waals surface area contributed by atoms with Crippen LogP contribution in [-0.4, -0.2) is 27.7 Å². The van der Waals surface area contributed by atoms with E-state index >= 15 is 0 Å². The van der Waals surface area contributed by atoms with Crippen LogP contribution in [0.3, 0.4) is 0 Å². The Bertz CT molecular complexity index is 755. The molecule has 4 nitrogen and oxygen atoms in total. The number of anilines is 1. The summed E-state index contributed by atoms with van der Waals surface area (Å²) in [6.45, 7) is 2.18. The maximum Gasteiger partial charge on any atom is 0.138 e. The third-order valence-electron chi connectivity index (χ3n) is 3.09. The number of thiophene rings is 1. The predicted octanol–water partition coefficient (Wildman–Crippen LogP) is 3.80. The standard InChI is InChI=1S/C15H14ClN3OS/c1-9(20)6-17-14-13-12(7-21-15(13)19-8-18-14)10-2-4-11(16)5-3-10/h2-5,7-9,20H,6H2,1H3,(H,17,18,19)/t9-/m1/s1. The highest BCUT2D eigenvalue weighted by Gasteiger charge is 2.13. The highest BCUT2D eigenvalue weighted by Crippen LogP contribution is 2.36. The summed E-state index contributed by atoms with van der Waals surface area (Å²) in [6, 6.07) is 7.70. The monoisotopic (exact) mass is 319 g/mol. The molecule has 0 fully saturated rings. The molecule has 0 aliphatic carbocycles. The molecule has 0 saturated heterocycles. The Morgan fingerprint density at radius 3 is 2.76 bits per heavy atom. The van der Waals surface area contributed by atoms with Crippen LogP contribution >= 0.6 is 22.9 Å². The van der Waals surface area contributed by atoms with Gasteiger partial charge >= 0.3 is 0 Å². The average Bonchev–Trinajstić information content (AvgIpc) is 2.90. The Balaban J connectivity index is 2.08. The van der Waals surface area contributed by atoms with Gasteiger partial charge in [0.15, 0.2) is 0 Å². The van der Waals surface area contributed by atoms with E-state index in [2.05, 4.69) is 20.7 Å². The second kappa shape index (κ2) is 5.97. The van der Waals surface area contributed by atoms with Crippen LogP contribution in [0.25, 0.3) is 21.3 Å². The Kier molecular flexibility index (Phi) is 4.05. The van der Waals surface area contributed by atoms with Crippen molar-refractivity contribution in [1.29, 1.82) is 0 Å². The van der Waals surface area contributed by atoms with Crippen LogP contribution in [-0.2, 0) is 0 Å². The van der Waals surface area contributed by atoms with Crippen molar-refractivity contribution in [1.82, 2.24) is 9.97 Å². The van der Waals surface area contributed by atoms with E-state index < -0.39 is 6.10 Å². The molecule has 0 spiro atoms. The summed E-state index contributed by atoms with van der Waals surface area (Å²) in [5.74, 6) is 0.743. The fourth-order valence-corrected chi connectivity index (χ4v) is 3.14. The van der Waals surface area contributed by atoms with Gasteiger partial charge in [0.1, 0.15) is 17.0 Å². The van der Waals surface area contributed by atoms with E-state index in [-0.39, 0.29) is 0 Å². The zero-order chi connectivity index (χ0) is 14.8. The number of hydrogen-bond acceptors (Lipinski definition) is 5. The normalized spacial score (nSPS) is 12.5. The zero-order valence-corrected chi connectivity index (χ0v) is 12.9. The maximum atomic E-state index is 9.44. The summed E-state index contributed by atoms with van der Waals surface area (Å²) in [7, 11) is 0. The lowest BCUT2D eigenvalue weighted by Crippen LogP contribution is -2.16. The molecule has 2 heterocycles. The van der Waals surface area contributed by atoms with Crippen LogP contribution in [0.1, 0.15) is 6.92 Å². The molecule has 0 saturated carbocycles. The van der Waals surface area contributed by atoms with Gasteiger partial charge in [-0.3, -0.25) is 0 Å². The lowest BCUT2D eigenvalue weighted by molar-refractivity contribution is 0.208. The number of nitrogens with zero attached hydrogens (tertiary/aromatic N) is 2. The molecule has 2 N–H and O–H groups in total. The molecule has 2 aromatic heterocycles. The third kappa shape index (κ3) is 3.00. The van der Waals surface area contributed by atoms with Crippen molar-refractivity contribution in [2.45, 2.75) is 13.0 Å². The predicted molar refractivity (Wildman–Crippen MR) is 88.0 cm³/mol. The smallest absolute Gasteiger partial charge is 0.138 e. The van der Waals surface area contributed by atoms with Crippen molar-refractivity contribution < 1.29 is 5.11 Å². The van der Waals surface area contributed by atoms with E-state index in [1.165, 1.54) is 6.33 Å². The van der Waals surface area contributed by atoms with E-state index in [9.17, 15) is 5.11 Å². The molecule has 0 aliphatic rings. The maximum absolute atomic E-state index is 9.44. The highest BCUT2D eigenvalue weighted by molar-refractivity contribution is 7.17. The lowest BCUT2D eigenvalue weighted by atomic mass is 10.1. The molecule has 3 rings (SSSR count). The Morgan fingerprint density at radius 2 is 2.05 bits per heavy atom. The largest absolute Gasteiger partial charge is 0.392 e. The Labute approximate surface area is 131 Å². The van der Waals surface area contributed by atoms with Crippen molar-refractivity contribution >= 4 is 39.0 Å². The summed E-state index contributed by atoms with van der Waals surface area (Å²) >= 11 is 7.52. The van der Waals surface area contributed by atoms with E-state index in [0.29, 0.717) is 11.6 Å². The number of aliphatic hydroxyl groups excluding tert-OH is 1. The molecule has 0 unspecified atom stereocenters. The molecule has 21 heavy (non-hydrogen) atoms. The molecule has 1 aromatic carbocycles. The molecule has 108 valence electrons. The molecule has 0 radical (unpaired) electrons. The van der Waals surface area contributed by atoms with Crippen molar-refractivity contribution in [3.8, 4) is 11.1 Å².